The number of aliphatic hydroxyl groups excluding tert-OH is 1. The van der Waals surface area contributed by atoms with Crippen LogP contribution in [0.3, 0.4) is 0 Å². The Hall–Kier alpha value is -1.37. The summed E-state index contributed by atoms with van der Waals surface area (Å²) in [5.41, 5.74) is -1.13. The second kappa shape index (κ2) is 10.8. The van der Waals surface area contributed by atoms with Gasteiger partial charge < -0.3 is 20.1 Å². The van der Waals surface area contributed by atoms with E-state index in [0.717, 1.165) is 10.5 Å². The zero-order valence-electron chi connectivity index (χ0n) is 20.2. The summed E-state index contributed by atoms with van der Waals surface area (Å²) in [4.78, 5) is 13.9. The van der Waals surface area contributed by atoms with Gasteiger partial charge in [-0.25, -0.2) is 8.96 Å². The molecular formula is C23H30FN2O7PS2. The second-order valence-electron chi connectivity index (χ2n) is 9.38. The van der Waals surface area contributed by atoms with Crippen LogP contribution in [0.2, 0.25) is 0 Å². The van der Waals surface area contributed by atoms with Gasteiger partial charge in [-0.2, -0.15) is 0 Å². The Bertz CT molecular complexity index is 1090. The molecule has 3 aliphatic heterocycles. The smallest absolute Gasteiger partial charge is 0.395 e. The summed E-state index contributed by atoms with van der Waals surface area (Å²) in [6, 6.07) is 7.73. The van der Waals surface area contributed by atoms with Gasteiger partial charge in [0.05, 0.1) is 19.8 Å². The number of fused-ring (bicyclic) bond motifs is 1. The van der Waals surface area contributed by atoms with Crippen molar-refractivity contribution in [2.75, 3.05) is 19.8 Å². The van der Waals surface area contributed by atoms with E-state index >= 15 is 4.39 Å². The van der Waals surface area contributed by atoms with E-state index in [1.54, 1.807) is 21.6 Å². The number of phosphoric acid groups is 1. The van der Waals surface area contributed by atoms with Crippen LogP contribution in [0.25, 0.3) is 0 Å². The van der Waals surface area contributed by atoms with Gasteiger partial charge in [-0.3, -0.25) is 18.4 Å². The molecule has 0 aromatic heterocycles. The number of carbonyl (C=O) groups is 1. The summed E-state index contributed by atoms with van der Waals surface area (Å²) < 4.78 is 51.1. The van der Waals surface area contributed by atoms with E-state index in [0.29, 0.717) is 6.42 Å². The molecule has 36 heavy (non-hydrogen) atoms. The van der Waals surface area contributed by atoms with Crippen molar-refractivity contribution in [1.82, 2.24) is 10.2 Å². The second-order valence-corrected chi connectivity index (χ2v) is 13.9. The first-order chi connectivity index (χ1) is 16.9. The van der Waals surface area contributed by atoms with Crippen LogP contribution < -0.4 is 5.32 Å². The first-order valence-electron chi connectivity index (χ1n) is 11.4. The Kier molecular flexibility index (Phi) is 8.28. The molecule has 2 fully saturated rings. The van der Waals surface area contributed by atoms with Crippen molar-refractivity contribution in [3.8, 4) is 0 Å². The van der Waals surface area contributed by atoms with Crippen molar-refractivity contribution in [3.63, 3.8) is 0 Å². The number of carbonyl (C=O) groups excluding carboxylic acids is 1. The predicted molar refractivity (Wildman–Crippen MR) is 136 cm³/mol. The Morgan fingerprint density at radius 3 is 2.89 bits per heavy atom. The SMILES string of the molecule is C=C1NC(=O)C=CN1[C@@H]1O[C@@H]2COP(=O)(OCCc3ccccc3SSC(C)(C)CO)O[C@H]2[C@@]1(C)F. The first kappa shape index (κ1) is 27.7. The molecule has 0 aliphatic carbocycles. The van der Waals surface area contributed by atoms with Gasteiger partial charge in [0.15, 0.2) is 11.9 Å². The molecule has 2 N–H and O–H groups in total. The van der Waals surface area contributed by atoms with E-state index in [4.69, 9.17) is 18.3 Å². The minimum atomic E-state index is -4.05. The molecule has 2 saturated heterocycles. The topological polar surface area (TPSA) is 107 Å². The molecule has 0 radical (unpaired) electrons. The summed E-state index contributed by atoms with van der Waals surface area (Å²) in [5, 5.41) is 12.0. The quantitative estimate of drug-likeness (QED) is 0.338. The van der Waals surface area contributed by atoms with Crippen molar-refractivity contribution in [2.24, 2.45) is 0 Å². The lowest BCUT2D eigenvalue weighted by Crippen LogP contribution is -2.52. The number of rotatable bonds is 9. The molecule has 3 aliphatic rings. The zero-order chi connectivity index (χ0) is 26.1. The highest BCUT2D eigenvalue weighted by Crippen LogP contribution is 2.58. The molecule has 0 saturated carbocycles. The summed E-state index contributed by atoms with van der Waals surface area (Å²) in [5.74, 6) is -0.215. The highest BCUT2D eigenvalue weighted by molar-refractivity contribution is 8.77. The fraction of sp³-hybridized carbons (Fsp3) is 0.522. The lowest BCUT2D eigenvalue weighted by atomic mass is 9.98. The third kappa shape index (κ3) is 6.02. The highest BCUT2D eigenvalue weighted by atomic mass is 33.1. The maximum Gasteiger partial charge on any atom is 0.475 e. The molecule has 198 valence electrons. The Labute approximate surface area is 217 Å². The molecule has 1 aromatic rings. The number of hydrogen-bond donors (Lipinski definition) is 2. The van der Waals surface area contributed by atoms with Gasteiger partial charge in [0, 0.05) is 21.9 Å². The lowest BCUT2D eigenvalue weighted by molar-refractivity contribution is -0.119. The lowest BCUT2D eigenvalue weighted by Gasteiger charge is -2.37. The van der Waals surface area contributed by atoms with Crippen LogP contribution >= 0.6 is 29.4 Å². The number of amides is 1. The van der Waals surface area contributed by atoms with Crippen LogP contribution in [0.1, 0.15) is 26.3 Å². The average Bonchev–Trinajstić information content (AvgIpc) is 3.08. The van der Waals surface area contributed by atoms with Gasteiger partial charge in [-0.1, -0.05) is 46.4 Å². The maximum atomic E-state index is 15.9. The maximum absolute atomic E-state index is 15.9. The normalized spacial score (nSPS) is 32.5. The van der Waals surface area contributed by atoms with E-state index in [1.807, 2.05) is 38.1 Å². The number of nitrogens with zero attached hydrogens (tertiary/aromatic N) is 1. The van der Waals surface area contributed by atoms with Gasteiger partial charge in [0.2, 0.25) is 0 Å². The highest BCUT2D eigenvalue weighted by Gasteiger charge is 2.62. The molecule has 3 heterocycles. The van der Waals surface area contributed by atoms with Crippen molar-refractivity contribution in [1.29, 1.82) is 0 Å². The van der Waals surface area contributed by atoms with E-state index in [1.165, 1.54) is 24.1 Å². The summed E-state index contributed by atoms with van der Waals surface area (Å²) in [7, 11) is -0.941. The summed E-state index contributed by atoms with van der Waals surface area (Å²) in [6.45, 7) is 8.84. The third-order valence-electron chi connectivity index (χ3n) is 5.87. The van der Waals surface area contributed by atoms with Gasteiger partial charge >= 0.3 is 7.82 Å². The fourth-order valence-corrected chi connectivity index (χ4v) is 7.69. The van der Waals surface area contributed by atoms with Crippen LogP contribution in [0, 0.1) is 0 Å². The number of nitrogens with one attached hydrogen (secondary N) is 1. The molecule has 1 aromatic carbocycles. The van der Waals surface area contributed by atoms with E-state index in [-0.39, 0.29) is 36.3 Å². The van der Waals surface area contributed by atoms with Crippen molar-refractivity contribution in [2.45, 2.75) is 60.9 Å². The van der Waals surface area contributed by atoms with E-state index in [9.17, 15) is 14.5 Å². The van der Waals surface area contributed by atoms with Gasteiger partial charge in [0.1, 0.15) is 18.0 Å². The van der Waals surface area contributed by atoms with Crippen LogP contribution in [-0.4, -0.2) is 64.6 Å². The predicted octanol–water partition coefficient (Wildman–Crippen LogP) is 4.15. The molecular weight excluding hydrogens is 530 g/mol. The van der Waals surface area contributed by atoms with Gasteiger partial charge in [-0.15, -0.1) is 0 Å². The van der Waals surface area contributed by atoms with Crippen molar-refractivity contribution in [3.05, 3.63) is 54.5 Å². The van der Waals surface area contributed by atoms with Crippen molar-refractivity contribution >= 4 is 35.3 Å². The number of ether oxygens (including phenoxy) is 1. The Morgan fingerprint density at radius 1 is 1.42 bits per heavy atom. The number of halogens is 1. The third-order valence-corrected chi connectivity index (χ3v) is 10.7. The molecule has 5 atom stereocenters. The number of alkyl halides is 1. The fourth-order valence-electron chi connectivity index (χ4n) is 3.86. The van der Waals surface area contributed by atoms with E-state index < -0.39 is 31.9 Å². The van der Waals surface area contributed by atoms with Crippen molar-refractivity contribution < 1.29 is 37.2 Å². The molecule has 4 rings (SSSR count). The Balaban J connectivity index is 1.37. The van der Waals surface area contributed by atoms with Crippen LogP contribution in [0.4, 0.5) is 4.39 Å². The van der Waals surface area contributed by atoms with Gasteiger partial charge in [0.25, 0.3) is 5.91 Å². The molecule has 1 unspecified atom stereocenters. The minimum Gasteiger partial charge on any atom is -0.395 e. The van der Waals surface area contributed by atoms with Crippen LogP contribution in [-0.2, 0) is 34.1 Å². The number of benzene rings is 1. The summed E-state index contributed by atoms with van der Waals surface area (Å²) in [6.07, 6.45) is -0.150. The largest absolute Gasteiger partial charge is 0.475 e. The molecule has 13 heteroatoms. The minimum absolute atomic E-state index is 0.0330. The number of hydrogen-bond acceptors (Lipinski definition) is 10. The monoisotopic (exact) mass is 560 g/mol. The first-order valence-corrected chi connectivity index (χ1v) is 15.0. The van der Waals surface area contributed by atoms with Crippen LogP contribution in [0.15, 0.2) is 53.8 Å². The molecule has 1 amide bonds. The average molecular weight is 561 g/mol. The van der Waals surface area contributed by atoms with Crippen LogP contribution in [0.5, 0.6) is 0 Å². The molecule has 9 nitrogen and oxygen atoms in total. The van der Waals surface area contributed by atoms with E-state index in [2.05, 4.69) is 11.9 Å². The summed E-state index contributed by atoms with van der Waals surface area (Å²) >= 11 is 0. The molecule has 0 bridgehead atoms. The number of aliphatic hydroxyl groups is 1. The van der Waals surface area contributed by atoms with Gasteiger partial charge in [-0.05, 0) is 38.8 Å². The number of phosphoric ester groups is 1. The molecule has 0 spiro atoms. The Morgan fingerprint density at radius 2 is 2.17 bits per heavy atom. The zero-order valence-corrected chi connectivity index (χ0v) is 22.7. The standard InChI is InChI=1S/C23H30FN2O7PS2/c1-15-25-19(28)9-11-26(15)21-23(4,24)20-17(32-21)13-31-34(29,33-20)30-12-10-16-7-5-6-8-18(16)35-36-22(2,3)14-27/h5-9,11,17,20-21,27H,1,10,12-14H2,2-4H3,(H,25,28)/t17-,20-,21-,23-,34?/m1/s1.